The number of anilines is 1. The van der Waals surface area contributed by atoms with E-state index in [4.69, 9.17) is 5.10 Å². The Labute approximate surface area is 231 Å². The molecule has 1 aromatic heterocycles. The lowest BCUT2D eigenvalue weighted by atomic mass is 9.95. The highest BCUT2D eigenvalue weighted by Gasteiger charge is 2.26. The molecule has 0 saturated carbocycles. The van der Waals surface area contributed by atoms with E-state index < -0.39 is 0 Å². The summed E-state index contributed by atoms with van der Waals surface area (Å²) in [6, 6.07) is 27.8. The highest BCUT2D eigenvalue weighted by Crippen LogP contribution is 2.27. The number of carbonyl (C=O) groups is 2. The third-order valence-corrected chi connectivity index (χ3v) is 6.96. The maximum absolute atomic E-state index is 13.7. The summed E-state index contributed by atoms with van der Waals surface area (Å²) in [5.74, 6) is 0.0399. The lowest BCUT2D eigenvalue weighted by Gasteiger charge is -2.27. The molecule has 0 bridgehead atoms. The monoisotopic (exact) mass is 522 g/mol. The summed E-state index contributed by atoms with van der Waals surface area (Å²) < 4.78 is 1.78. The van der Waals surface area contributed by atoms with Gasteiger partial charge in [0, 0.05) is 18.2 Å². The first kappa shape index (κ1) is 27.8. The Morgan fingerprint density at radius 2 is 1.62 bits per heavy atom. The summed E-state index contributed by atoms with van der Waals surface area (Å²) in [4.78, 5) is 28.8. The van der Waals surface area contributed by atoms with Crippen molar-refractivity contribution in [3.8, 4) is 16.9 Å². The Hall–Kier alpha value is -4.19. The first-order valence-electron chi connectivity index (χ1n) is 13.8. The third kappa shape index (κ3) is 6.82. The van der Waals surface area contributed by atoms with Crippen LogP contribution in [0.15, 0.2) is 84.9 Å². The number of benzene rings is 3. The van der Waals surface area contributed by atoms with Crippen molar-refractivity contribution in [2.24, 2.45) is 0 Å². The van der Waals surface area contributed by atoms with E-state index in [0.29, 0.717) is 18.8 Å². The SMILES string of the molecule is CCCCN(CC(=O)Nc1cc(-c2ccccc2)nn1-c1ccc(C)cc1C)C(=O)C(CC)c1ccccc1. The molecule has 6 heteroatoms. The zero-order valence-corrected chi connectivity index (χ0v) is 23.4. The highest BCUT2D eigenvalue weighted by atomic mass is 16.2. The van der Waals surface area contributed by atoms with Gasteiger partial charge in [-0.1, -0.05) is 98.6 Å². The Kier molecular flexibility index (Phi) is 9.31. The molecule has 1 heterocycles. The molecule has 0 saturated heterocycles. The summed E-state index contributed by atoms with van der Waals surface area (Å²) >= 11 is 0. The number of hydrogen-bond donors (Lipinski definition) is 1. The number of aromatic nitrogens is 2. The highest BCUT2D eigenvalue weighted by molar-refractivity contribution is 5.95. The lowest BCUT2D eigenvalue weighted by molar-refractivity contribution is -0.136. The fourth-order valence-corrected chi connectivity index (χ4v) is 4.88. The van der Waals surface area contributed by atoms with Crippen molar-refractivity contribution in [1.29, 1.82) is 0 Å². The van der Waals surface area contributed by atoms with Crippen molar-refractivity contribution < 1.29 is 9.59 Å². The Bertz CT molecular complexity index is 1400. The number of nitrogens with zero attached hydrogens (tertiary/aromatic N) is 3. The Morgan fingerprint density at radius 1 is 0.923 bits per heavy atom. The van der Waals surface area contributed by atoms with Gasteiger partial charge < -0.3 is 10.2 Å². The number of amides is 2. The normalized spacial score (nSPS) is 11.7. The summed E-state index contributed by atoms with van der Waals surface area (Å²) in [7, 11) is 0. The van der Waals surface area contributed by atoms with Crippen LogP contribution in [0.4, 0.5) is 5.82 Å². The quantitative estimate of drug-likeness (QED) is 0.233. The van der Waals surface area contributed by atoms with E-state index in [1.165, 1.54) is 0 Å². The molecule has 0 aliphatic carbocycles. The van der Waals surface area contributed by atoms with Gasteiger partial charge in [-0.3, -0.25) is 9.59 Å². The fraction of sp³-hybridized carbons (Fsp3) is 0.303. The predicted molar refractivity (Wildman–Crippen MR) is 158 cm³/mol. The van der Waals surface area contributed by atoms with E-state index >= 15 is 0 Å². The van der Waals surface area contributed by atoms with Crippen LogP contribution in [0.5, 0.6) is 0 Å². The van der Waals surface area contributed by atoms with Crippen molar-refractivity contribution in [2.45, 2.75) is 52.9 Å². The van der Waals surface area contributed by atoms with Gasteiger partial charge >= 0.3 is 0 Å². The van der Waals surface area contributed by atoms with Gasteiger partial charge in [0.05, 0.1) is 23.8 Å². The molecular weight excluding hydrogens is 484 g/mol. The van der Waals surface area contributed by atoms with Crippen molar-refractivity contribution in [1.82, 2.24) is 14.7 Å². The molecule has 0 aliphatic heterocycles. The maximum atomic E-state index is 13.7. The molecule has 39 heavy (non-hydrogen) atoms. The summed E-state index contributed by atoms with van der Waals surface area (Å²) in [5, 5.41) is 7.93. The molecule has 1 unspecified atom stereocenters. The average Bonchev–Trinajstić information content (AvgIpc) is 3.35. The van der Waals surface area contributed by atoms with Crippen LogP contribution in [0.3, 0.4) is 0 Å². The number of nitrogens with one attached hydrogen (secondary N) is 1. The van der Waals surface area contributed by atoms with Crippen molar-refractivity contribution in [3.63, 3.8) is 0 Å². The number of hydrogen-bond acceptors (Lipinski definition) is 3. The van der Waals surface area contributed by atoms with Gasteiger partial charge in [0.1, 0.15) is 5.82 Å². The molecule has 4 aromatic rings. The number of rotatable bonds is 11. The first-order chi connectivity index (χ1) is 18.9. The fourth-order valence-electron chi connectivity index (χ4n) is 4.88. The molecule has 6 nitrogen and oxygen atoms in total. The Morgan fingerprint density at radius 3 is 2.26 bits per heavy atom. The van der Waals surface area contributed by atoms with Gasteiger partial charge in [0.25, 0.3) is 0 Å². The summed E-state index contributed by atoms with van der Waals surface area (Å²) in [5.41, 5.74) is 5.82. The van der Waals surface area contributed by atoms with Crippen molar-refractivity contribution >= 4 is 17.6 Å². The minimum absolute atomic E-state index is 0.0130. The number of unbranched alkanes of at least 4 members (excludes halogenated alkanes) is 1. The third-order valence-electron chi connectivity index (χ3n) is 6.96. The van der Waals surface area contributed by atoms with E-state index in [9.17, 15) is 9.59 Å². The van der Waals surface area contributed by atoms with E-state index in [1.54, 1.807) is 9.58 Å². The predicted octanol–water partition coefficient (Wildman–Crippen LogP) is 6.92. The second-order valence-electron chi connectivity index (χ2n) is 10.0. The molecule has 1 atom stereocenters. The van der Waals surface area contributed by atoms with E-state index in [2.05, 4.69) is 25.2 Å². The molecule has 202 valence electrons. The second-order valence-corrected chi connectivity index (χ2v) is 10.0. The maximum Gasteiger partial charge on any atom is 0.245 e. The minimum atomic E-state index is -0.277. The molecule has 4 rings (SSSR count). The van der Waals surface area contributed by atoms with Crippen LogP contribution in [0.2, 0.25) is 0 Å². The molecule has 0 spiro atoms. The molecule has 0 radical (unpaired) electrons. The van der Waals surface area contributed by atoms with Gasteiger partial charge in [0.2, 0.25) is 11.8 Å². The van der Waals surface area contributed by atoms with Gasteiger partial charge in [-0.2, -0.15) is 5.10 Å². The van der Waals surface area contributed by atoms with Crippen LogP contribution < -0.4 is 5.32 Å². The van der Waals surface area contributed by atoms with Crippen LogP contribution >= 0.6 is 0 Å². The van der Waals surface area contributed by atoms with E-state index in [-0.39, 0.29) is 24.3 Å². The molecule has 1 N–H and O–H groups in total. The van der Waals surface area contributed by atoms with Crippen LogP contribution in [0, 0.1) is 13.8 Å². The zero-order valence-electron chi connectivity index (χ0n) is 23.4. The molecule has 3 aromatic carbocycles. The van der Waals surface area contributed by atoms with E-state index in [0.717, 1.165) is 46.5 Å². The summed E-state index contributed by atoms with van der Waals surface area (Å²) in [6.07, 6.45) is 2.45. The molecule has 0 fully saturated rings. The number of aryl methyl sites for hydroxylation is 2. The number of carbonyl (C=O) groups excluding carboxylic acids is 2. The van der Waals surface area contributed by atoms with Crippen LogP contribution in [-0.4, -0.2) is 39.6 Å². The second kappa shape index (κ2) is 13.1. The summed E-state index contributed by atoms with van der Waals surface area (Å²) in [6.45, 7) is 8.72. The molecule has 2 amide bonds. The van der Waals surface area contributed by atoms with E-state index in [1.807, 2.05) is 92.7 Å². The molecular formula is C33H38N4O2. The van der Waals surface area contributed by atoms with Crippen molar-refractivity contribution in [2.75, 3.05) is 18.4 Å². The van der Waals surface area contributed by atoms with Gasteiger partial charge in [-0.25, -0.2) is 4.68 Å². The van der Waals surface area contributed by atoms with Crippen LogP contribution in [0.1, 0.15) is 55.7 Å². The van der Waals surface area contributed by atoms with Gasteiger partial charge in [0.15, 0.2) is 0 Å². The first-order valence-corrected chi connectivity index (χ1v) is 13.8. The smallest absolute Gasteiger partial charge is 0.245 e. The minimum Gasteiger partial charge on any atom is -0.333 e. The molecule has 0 aliphatic rings. The largest absolute Gasteiger partial charge is 0.333 e. The standard InChI is InChI=1S/C33H38N4O2/c1-5-7-20-36(33(39)28(6-2)26-14-10-8-11-15-26)23-32(38)34-31-22-29(27-16-12-9-13-17-27)35-37(31)30-19-18-24(3)21-25(30)4/h8-19,21-22,28H,5-7,20,23H2,1-4H3,(H,34,38). The lowest BCUT2D eigenvalue weighted by Crippen LogP contribution is -2.41. The zero-order chi connectivity index (χ0) is 27.8. The van der Waals surface area contributed by atoms with Crippen LogP contribution in [0.25, 0.3) is 16.9 Å². The van der Waals surface area contributed by atoms with Gasteiger partial charge in [-0.15, -0.1) is 0 Å². The van der Waals surface area contributed by atoms with Crippen molar-refractivity contribution in [3.05, 3.63) is 102 Å². The van der Waals surface area contributed by atoms with Gasteiger partial charge in [-0.05, 0) is 43.9 Å². The Balaban J connectivity index is 1.62. The topological polar surface area (TPSA) is 67.2 Å². The van der Waals surface area contributed by atoms with Crippen LogP contribution in [-0.2, 0) is 9.59 Å². The average molecular weight is 523 g/mol.